The van der Waals surface area contributed by atoms with Gasteiger partial charge in [-0.1, -0.05) is 11.2 Å². The van der Waals surface area contributed by atoms with Gasteiger partial charge in [0.2, 0.25) is 0 Å². The van der Waals surface area contributed by atoms with E-state index in [4.69, 9.17) is 10.6 Å². The third kappa shape index (κ3) is 1.35. The van der Waals surface area contributed by atoms with Crippen LogP contribution in [0, 0.1) is 0 Å². The molecule has 0 saturated carbocycles. The number of nitrogens with zero attached hydrogens (tertiary/aromatic N) is 1. The molecule has 0 saturated heterocycles. The lowest BCUT2D eigenvalue weighted by atomic mass is 10.1. The number of nitrogens with two attached hydrogens (primary N) is 1. The quantitative estimate of drug-likeness (QED) is 0.747. The Balaban J connectivity index is 2.09. The van der Waals surface area contributed by atoms with Crippen molar-refractivity contribution in [3.63, 3.8) is 0 Å². The van der Waals surface area contributed by atoms with Gasteiger partial charge in [-0.05, 0) is 11.4 Å². The molecule has 12 heavy (non-hydrogen) atoms. The van der Waals surface area contributed by atoms with Gasteiger partial charge in [0.1, 0.15) is 11.8 Å². The summed E-state index contributed by atoms with van der Waals surface area (Å²) in [5.41, 5.74) is 6.48. The molecular weight excluding hydrogens is 172 g/mol. The summed E-state index contributed by atoms with van der Waals surface area (Å²) >= 11 is 1.68. The Morgan fingerprint density at radius 3 is 3.25 bits per heavy atom. The second-order valence-corrected chi connectivity index (χ2v) is 3.63. The van der Waals surface area contributed by atoms with E-state index >= 15 is 0 Å². The van der Waals surface area contributed by atoms with Gasteiger partial charge in [-0.25, -0.2) is 0 Å². The highest BCUT2D eigenvalue weighted by Gasteiger charge is 2.20. The largest absolute Gasteiger partial charge is 0.390 e. The normalized spacial score (nSPS) is 22.1. The fraction of sp³-hybridized carbons (Fsp3) is 0.375. The molecule has 0 aliphatic carbocycles. The maximum atomic E-state index is 5.45. The maximum Gasteiger partial charge on any atom is 0.145 e. The van der Waals surface area contributed by atoms with E-state index in [9.17, 15) is 0 Å². The van der Waals surface area contributed by atoms with Crippen LogP contribution in [0.2, 0.25) is 0 Å². The van der Waals surface area contributed by atoms with E-state index in [0.717, 1.165) is 12.1 Å². The highest BCUT2D eigenvalue weighted by Crippen LogP contribution is 2.19. The van der Waals surface area contributed by atoms with Gasteiger partial charge in [0.15, 0.2) is 0 Å². The molecule has 1 unspecified atom stereocenters. The minimum absolute atomic E-state index is 0.0853. The summed E-state index contributed by atoms with van der Waals surface area (Å²) < 4.78 is 0. The predicted molar refractivity (Wildman–Crippen MR) is 49.4 cm³/mol. The van der Waals surface area contributed by atoms with Crippen molar-refractivity contribution in [1.82, 2.24) is 0 Å². The first-order chi connectivity index (χ1) is 5.90. The van der Waals surface area contributed by atoms with Crippen LogP contribution in [0.25, 0.3) is 0 Å². The van der Waals surface area contributed by atoms with Crippen molar-refractivity contribution in [2.45, 2.75) is 12.5 Å². The van der Waals surface area contributed by atoms with Gasteiger partial charge in [0, 0.05) is 13.0 Å². The minimum Gasteiger partial charge on any atom is -0.390 e. The van der Waals surface area contributed by atoms with E-state index in [1.54, 1.807) is 11.3 Å². The molecule has 1 aromatic heterocycles. The molecule has 64 valence electrons. The molecular formula is C8H10N2OS. The second-order valence-electron chi connectivity index (χ2n) is 2.68. The lowest BCUT2D eigenvalue weighted by molar-refractivity contribution is 0.0919. The van der Waals surface area contributed by atoms with Gasteiger partial charge >= 0.3 is 0 Å². The molecule has 0 amide bonds. The van der Waals surface area contributed by atoms with Crippen molar-refractivity contribution in [2.75, 3.05) is 6.54 Å². The Hall–Kier alpha value is -0.870. The van der Waals surface area contributed by atoms with Crippen molar-refractivity contribution in [3.8, 4) is 0 Å². The smallest absolute Gasteiger partial charge is 0.145 e. The molecule has 4 heteroatoms. The zero-order valence-corrected chi connectivity index (χ0v) is 7.38. The fourth-order valence-electron chi connectivity index (χ4n) is 1.14. The first-order valence-corrected chi connectivity index (χ1v) is 4.75. The van der Waals surface area contributed by atoms with Crippen molar-refractivity contribution >= 4 is 17.0 Å². The lowest BCUT2D eigenvalue weighted by Gasteiger charge is -2.00. The summed E-state index contributed by atoms with van der Waals surface area (Å²) in [6, 6.07) is 4.06. The first kappa shape index (κ1) is 7.76. The standard InChI is InChI=1S/C8H10N2OS/c9-5-6-4-7(10-11-6)8-2-1-3-12-8/h1-3,6H,4-5,9H2. The molecule has 0 bridgehead atoms. The molecule has 2 N–H and O–H groups in total. The number of hydrogen-bond acceptors (Lipinski definition) is 4. The fourth-order valence-corrected chi connectivity index (χ4v) is 1.86. The second kappa shape index (κ2) is 3.25. The van der Waals surface area contributed by atoms with Gasteiger partial charge in [-0.15, -0.1) is 11.3 Å². The Kier molecular flexibility index (Phi) is 2.10. The molecule has 0 aromatic carbocycles. The van der Waals surface area contributed by atoms with E-state index in [-0.39, 0.29) is 6.10 Å². The van der Waals surface area contributed by atoms with Crippen molar-refractivity contribution in [3.05, 3.63) is 22.4 Å². The maximum absolute atomic E-state index is 5.45. The van der Waals surface area contributed by atoms with Crippen LogP contribution in [0.1, 0.15) is 11.3 Å². The van der Waals surface area contributed by atoms with Crippen LogP contribution in [-0.2, 0) is 4.84 Å². The number of thiophene rings is 1. The van der Waals surface area contributed by atoms with Gasteiger partial charge in [0.05, 0.1) is 4.88 Å². The average Bonchev–Trinajstić information content (AvgIpc) is 2.75. The zero-order valence-electron chi connectivity index (χ0n) is 6.56. The molecule has 1 aromatic rings. The molecule has 2 heterocycles. The van der Waals surface area contributed by atoms with Crippen LogP contribution in [0.3, 0.4) is 0 Å². The van der Waals surface area contributed by atoms with Crippen LogP contribution in [0.4, 0.5) is 0 Å². The van der Waals surface area contributed by atoms with E-state index in [1.165, 1.54) is 4.88 Å². The van der Waals surface area contributed by atoms with Gasteiger partial charge in [0.25, 0.3) is 0 Å². The first-order valence-electron chi connectivity index (χ1n) is 3.87. The monoisotopic (exact) mass is 182 g/mol. The summed E-state index contributed by atoms with van der Waals surface area (Å²) in [4.78, 5) is 6.29. The molecule has 2 rings (SSSR count). The molecule has 1 atom stereocenters. The van der Waals surface area contributed by atoms with Crippen LogP contribution in [-0.4, -0.2) is 18.4 Å². The Morgan fingerprint density at radius 2 is 2.67 bits per heavy atom. The average molecular weight is 182 g/mol. The van der Waals surface area contributed by atoms with Crippen LogP contribution in [0.5, 0.6) is 0 Å². The number of oxime groups is 1. The summed E-state index contributed by atoms with van der Waals surface area (Å²) in [5, 5.41) is 6.01. The topological polar surface area (TPSA) is 47.6 Å². The van der Waals surface area contributed by atoms with Crippen molar-refractivity contribution < 1.29 is 4.84 Å². The van der Waals surface area contributed by atoms with E-state index in [2.05, 4.69) is 5.16 Å². The Bertz CT molecular complexity index is 281. The van der Waals surface area contributed by atoms with E-state index in [1.807, 2.05) is 17.5 Å². The molecule has 0 spiro atoms. The molecule has 1 aliphatic rings. The summed E-state index contributed by atoms with van der Waals surface area (Å²) in [7, 11) is 0. The molecule has 0 radical (unpaired) electrons. The summed E-state index contributed by atoms with van der Waals surface area (Å²) in [6.07, 6.45) is 0.930. The predicted octanol–water partition coefficient (Wildman–Crippen LogP) is 1.20. The van der Waals surface area contributed by atoms with Crippen molar-refractivity contribution in [1.29, 1.82) is 0 Å². The van der Waals surface area contributed by atoms with Crippen LogP contribution in [0.15, 0.2) is 22.7 Å². The van der Waals surface area contributed by atoms with Gasteiger partial charge < -0.3 is 10.6 Å². The summed E-state index contributed by atoms with van der Waals surface area (Å²) in [6.45, 7) is 0.540. The van der Waals surface area contributed by atoms with E-state index < -0.39 is 0 Å². The Labute approximate surface area is 74.8 Å². The third-order valence-electron chi connectivity index (χ3n) is 1.80. The molecule has 1 aliphatic heterocycles. The highest BCUT2D eigenvalue weighted by atomic mass is 32.1. The number of hydrogen-bond donors (Lipinski definition) is 1. The highest BCUT2D eigenvalue weighted by molar-refractivity contribution is 7.12. The van der Waals surface area contributed by atoms with Crippen LogP contribution >= 0.6 is 11.3 Å². The van der Waals surface area contributed by atoms with Crippen LogP contribution < -0.4 is 5.73 Å². The molecule has 0 fully saturated rings. The third-order valence-corrected chi connectivity index (χ3v) is 2.72. The molecule has 3 nitrogen and oxygen atoms in total. The minimum atomic E-state index is 0.0853. The summed E-state index contributed by atoms with van der Waals surface area (Å²) in [5.74, 6) is 0. The Morgan fingerprint density at radius 1 is 1.75 bits per heavy atom. The lowest BCUT2D eigenvalue weighted by Crippen LogP contribution is -2.19. The van der Waals surface area contributed by atoms with E-state index in [0.29, 0.717) is 6.54 Å². The number of rotatable bonds is 2. The van der Waals surface area contributed by atoms with Gasteiger partial charge in [-0.3, -0.25) is 0 Å². The van der Waals surface area contributed by atoms with Crippen molar-refractivity contribution in [2.24, 2.45) is 10.9 Å². The zero-order chi connectivity index (χ0) is 8.39. The van der Waals surface area contributed by atoms with Gasteiger partial charge in [-0.2, -0.15) is 0 Å². The SMILES string of the molecule is NCC1CC(c2cccs2)=NO1.